The van der Waals surface area contributed by atoms with Crippen LogP contribution in [0.4, 0.5) is 5.69 Å². The van der Waals surface area contributed by atoms with Crippen LogP contribution in [-0.4, -0.2) is 4.92 Å². The van der Waals surface area contributed by atoms with Gasteiger partial charge in [-0.15, -0.1) is 0 Å². The third-order valence-corrected chi connectivity index (χ3v) is 2.81. The smallest absolute Gasteiger partial charge is 0.273 e. The second kappa shape index (κ2) is 5.52. The lowest BCUT2D eigenvalue weighted by Crippen LogP contribution is -1.90. The van der Waals surface area contributed by atoms with Crippen LogP contribution in [0, 0.1) is 10.1 Å². The number of benzene rings is 2. The molecule has 0 heterocycles. The third kappa shape index (κ3) is 3.31. The van der Waals surface area contributed by atoms with E-state index in [0.717, 1.165) is 0 Å². The van der Waals surface area contributed by atoms with E-state index in [-0.39, 0.29) is 5.69 Å². The van der Waals surface area contributed by atoms with Gasteiger partial charge in [0.1, 0.15) is 11.5 Å². The maximum atomic E-state index is 10.7. The van der Waals surface area contributed by atoms with Crippen LogP contribution in [-0.2, 0) is 0 Å². The quantitative estimate of drug-likeness (QED) is 0.598. The Labute approximate surface area is 111 Å². The van der Waals surface area contributed by atoms with Crippen LogP contribution < -0.4 is 4.74 Å². The lowest BCUT2D eigenvalue weighted by Gasteiger charge is -2.08. The second-order valence-electron chi connectivity index (χ2n) is 4.58. The van der Waals surface area contributed by atoms with Crippen molar-refractivity contribution < 1.29 is 9.66 Å². The summed E-state index contributed by atoms with van der Waals surface area (Å²) in [5.41, 5.74) is 1.25. The number of ether oxygens (including phenoxy) is 1. The topological polar surface area (TPSA) is 52.4 Å². The molecular formula is C15H15NO3. The molecule has 0 bridgehead atoms. The number of rotatable bonds is 4. The predicted molar refractivity (Wildman–Crippen MR) is 73.7 cm³/mol. The van der Waals surface area contributed by atoms with Gasteiger partial charge < -0.3 is 4.74 Å². The van der Waals surface area contributed by atoms with E-state index in [4.69, 9.17) is 4.74 Å². The largest absolute Gasteiger partial charge is 0.457 e. The Hall–Kier alpha value is -2.36. The molecule has 0 radical (unpaired) electrons. The highest BCUT2D eigenvalue weighted by Crippen LogP contribution is 2.26. The molecule has 0 aliphatic rings. The Bertz CT molecular complexity index is 576. The zero-order valence-corrected chi connectivity index (χ0v) is 10.9. The van der Waals surface area contributed by atoms with Gasteiger partial charge in [-0.05, 0) is 29.7 Å². The summed E-state index contributed by atoms with van der Waals surface area (Å²) in [6.45, 7) is 4.24. The number of nitrogens with zero attached hydrogens (tertiary/aromatic N) is 1. The summed E-state index contributed by atoms with van der Waals surface area (Å²) < 4.78 is 5.60. The monoisotopic (exact) mass is 257 g/mol. The minimum absolute atomic E-state index is 0.0244. The Balaban J connectivity index is 2.16. The summed E-state index contributed by atoms with van der Waals surface area (Å²) in [6.07, 6.45) is 0. The minimum Gasteiger partial charge on any atom is -0.457 e. The zero-order valence-electron chi connectivity index (χ0n) is 10.9. The van der Waals surface area contributed by atoms with Crippen molar-refractivity contribution in [2.75, 3.05) is 0 Å². The van der Waals surface area contributed by atoms with Crippen LogP contribution in [0.2, 0.25) is 0 Å². The van der Waals surface area contributed by atoms with E-state index in [1.165, 1.54) is 17.7 Å². The van der Waals surface area contributed by atoms with E-state index >= 15 is 0 Å². The molecule has 0 spiro atoms. The van der Waals surface area contributed by atoms with Crippen molar-refractivity contribution in [2.45, 2.75) is 19.8 Å². The van der Waals surface area contributed by atoms with E-state index in [9.17, 15) is 10.1 Å². The number of nitro groups is 1. The molecule has 0 aliphatic carbocycles. The van der Waals surface area contributed by atoms with E-state index < -0.39 is 4.92 Å². The van der Waals surface area contributed by atoms with Crippen molar-refractivity contribution in [3.05, 3.63) is 64.2 Å². The maximum absolute atomic E-state index is 10.7. The van der Waals surface area contributed by atoms with Crippen molar-refractivity contribution in [2.24, 2.45) is 0 Å². The predicted octanol–water partition coefficient (Wildman–Crippen LogP) is 4.51. The molecule has 4 heteroatoms. The van der Waals surface area contributed by atoms with Crippen LogP contribution in [0.5, 0.6) is 11.5 Å². The standard InChI is InChI=1S/C15H15NO3/c1-11(2)12-6-8-14(9-7-12)19-15-5-3-4-13(10-15)16(17)18/h3-11H,1-2H3. The first-order valence-electron chi connectivity index (χ1n) is 6.08. The SMILES string of the molecule is CC(C)c1ccc(Oc2cccc([N+](=O)[O-])c2)cc1. The molecule has 0 fully saturated rings. The van der Waals surface area contributed by atoms with Crippen LogP contribution in [0.1, 0.15) is 25.3 Å². The van der Waals surface area contributed by atoms with Gasteiger partial charge in [0.25, 0.3) is 5.69 Å². The third-order valence-electron chi connectivity index (χ3n) is 2.81. The van der Waals surface area contributed by atoms with E-state index in [0.29, 0.717) is 17.4 Å². The number of hydrogen-bond donors (Lipinski definition) is 0. The molecular weight excluding hydrogens is 242 g/mol. The number of non-ortho nitro benzene ring substituents is 1. The van der Waals surface area contributed by atoms with Gasteiger partial charge in [0, 0.05) is 6.07 Å². The summed E-state index contributed by atoms with van der Waals surface area (Å²) >= 11 is 0. The maximum Gasteiger partial charge on any atom is 0.273 e. The van der Waals surface area contributed by atoms with Crippen molar-refractivity contribution in [1.82, 2.24) is 0 Å². The fourth-order valence-electron chi connectivity index (χ4n) is 1.72. The number of nitro benzene ring substituents is 1. The van der Waals surface area contributed by atoms with E-state index in [2.05, 4.69) is 13.8 Å². The molecule has 2 aromatic rings. The van der Waals surface area contributed by atoms with Gasteiger partial charge in [-0.3, -0.25) is 10.1 Å². The van der Waals surface area contributed by atoms with Crippen molar-refractivity contribution in [1.29, 1.82) is 0 Å². The molecule has 98 valence electrons. The van der Waals surface area contributed by atoms with Gasteiger partial charge in [-0.1, -0.05) is 32.0 Å². The first-order valence-corrected chi connectivity index (χ1v) is 6.08. The fraction of sp³-hybridized carbons (Fsp3) is 0.200. The Kier molecular flexibility index (Phi) is 3.80. The van der Waals surface area contributed by atoms with E-state index in [1.54, 1.807) is 12.1 Å². The normalized spacial score (nSPS) is 10.5. The van der Waals surface area contributed by atoms with E-state index in [1.807, 2.05) is 24.3 Å². The summed E-state index contributed by atoms with van der Waals surface area (Å²) in [4.78, 5) is 10.2. The van der Waals surface area contributed by atoms with Crippen LogP contribution >= 0.6 is 0 Å². The van der Waals surface area contributed by atoms with Crippen molar-refractivity contribution >= 4 is 5.69 Å². The van der Waals surface area contributed by atoms with Gasteiger partial charge in [0.05, 0.1) is 11.0 Å². The Morgan fingerprint density at radius 2 is 1.74 bits per heavy atom. The molecule has 0 saturated heterocycles. The van der Waals surface area contributed by atoms with Gasteiger partial charge in [-0.25, -0.2) is 0 Å². The molecule has 0 saturated carbocycles. The first-order chi connectivity index (χ1) is 9.06. The molecule has 0 amide bonds. The molecule has 19 heavy (non-hydrogen) atoms. The zero-order chi connectivity index (χ0) is 13.8. The summed E-state index contributed by atoms with van der Waals surface area (Å²) in [5, 5.41) is 10.7. The average molecular weight is 257 g/mol. The summed E-state index contributed by atoms with van der Waals surface area (Å²) in [6, 6.07) is 13.9. The summed E-state index contributed by atoms with van der Waals surface area (Å²) in [7, 11) is 0. The molecule has 2 aromatic carbocycles. The Morgan fingerprint density at radius 3 is 2.32 bits per heavy atom. The molecule has 0 aliphatic heterocycles. The van der Waals surface area contributed by atoms with Gasteiger partial charge in [0.15, 0.2) is 0 Å². The van der Waals surface area contributed by atoms with Crippen molar-refractivity contribution in [3.8, 4) is 11.5 Å². The molecule has 2 rings (SSSR count). The van der Waals surface area contributed by atoms with Gasteiger partial charge in [0.2, 0.25) is 0 Å². The van der Waals surface area contributed by atoms with Gasteiger partial charge >= 0.3 is 0 Å². The lowest BCUT2D eigenvalue weighted by molar-refractivity contribution is -0.384. The molecule has 0 N–H and O–H groups in total. The summed E-state index contributed by atoms with van der Waals surface area (Å²) in [5.74, 6) is 1.60. The highest BCUT2D eigenvalue weighted by atomic mass is 16.6. The first kappa shape index (κ1) is 13.1. The van der Waals surface area contributed by atoms with Crippen LogP contribution in [0.15, 0.2) is 48.5 Å². The minimum atomic E-state index is -0.436. The fourth-order valence-corrected chi connectivity index (χ4v) is 1.72. The lowest BCUT2D eigenvalue weighted by atomic mass is 10.0. The highest BCUT2D eigenvalue weighted by molar-refractivity contribution is 5.41. The van der Waals surface area contributed by atoms with Crippen LogP contribution in [0.3, 0.4) is 0 Å². The second-order valence-corrected chi connectivity index (χ2v) is 4.58. The molecule has 0 aromatic heterocycles. The number of hydrogen-bond acceptors (Lipinski definition) is 3. The highest BCUT2D eigenvalue weighted by Gasteiger charge is 2.07. The molecule has 4 nitrogen and oxygen atoms in total. The Morgan fingerprint density at radius 1 is 1.05 bits per heavy atom. The van der Waals surface area contributed by atoms with Crippen molar-refractivity contribution in [3.63, 3.8) is 0 Å². The molecule has 0 atom stereocenters. The average Bonchev–Trinajstić information content (AvgIpc) is 2.39. The molecule has 0 unspecified atom stereocenters. The van der Waals surface area contributed by atoms with Gasteiger partial charge in [-0.2, -0.15) is 0 Å². The van der Waals surface area contributed by atoms with Crippen LogP contribution in [0.25, 0.3) is 0 Å².